The maximum absolute atomic E-state index is 12.8. The third-order valence-electron chi connectivity index (χ3n) is 4.29. The van der Waals surface area contributed by atoms with Crippen molar-refractivity contribution >= 4 is 17.4 Å². The summed E-state index contributed by atoms with van der Waals surface area (Å²) in [6.45, 7) is 2.05. The lowest BCUT2D eigenvalue weighted by Crippen LogP contribution is -2.20. The van der Waals surface area contributed by atoms with Gasteiger partial charge in [-0.05, 0) is 36.8 Å². The molecule has 1 aromatic heterocycles. The molecule has 1 N–H and O–H groups in total. The monoisotopic (exact) mass is 361 g/mol. The summed E-state index contributed by atoms with van der Waals surface area (Å²) >= 11 is 0. The number of nitrogens with zero attached hydrogens (tertiary/aromatic N) is 2. The Morgan fingerprint density at radius 3 is 2.52 bits per heavy atom. The summed E-state index contributed by atoms with van der Waals surface area (Å²) in [5, 5.41) is 2.91. The number of nitrogens with one attached hydrogen (secondary N) is 1. The van der Waals surface area contributed by atoms with Gasteiger partial charge < -0.3 is 15.0 Å². The molecular weight excluding hydrogens is 338 g/mol. The standard InChI is InChI=1S/C22H23N3O2/c1-15-8-5-6-11-18(15)20-13-12-19(21(24-20)25(2)3)22(26)23-16-9-7-10-17(14-16)27-4/h5-14H,1-4H3,(H,23,26). The zero-order chi connectivity index (χ0) is 19.4. The number of amides is 1. The van der Waals surface area contributed by atoms with E-state index in [1.54, 1.807) is 13.2 Å². The second kappa shape index (κ2) is 7.91. The summed E-state index contributed by atoms with van der Waals surface area (Å²) in [4.78, 5) is 19.4. The van der Waals surface area contributed by atoms with E-state index in [9.17, 15) is 4.79 Å². The van der Waals surface area contributed by atoms with Gasteiger partial charge in [0.1, 0.15) is 11.6 Å². The predicted molar refractivity (Wildman–Crippen MR) is 110 cm³/mol. The Morgan fingerprint density at radius 1 is 1.04 bits per heavy atom. The van der Waals surface area contributed by atoms with Crippen molar-refractivity contribution in [1.29, 1.82) is 0 Å². The second-order valence-electron chi connectivity index (χ2n) is 6.46. The van der Waals surface area contributed by atoms with E-state index < -0.39 is 0 Å². The number of benzene rings is 2. The van der Waals surface area contributed by atoms with Gasteiger partial charge in [-0.3, -0.25) is 4.79 Å². The van der Waals surface area contributed by atoms with Gasteiger partial charge in [-0.2, -0.15) is 0 Å². The van der Waals surface area contributed by atoms with Crippen molar-refractivity contribution in [2.24, 2.45) is 0 Å². The quantitative estimate of drug-likeness (QED) is 0.732. The highest BCUT2D eigenvalue weighted by atomic mass is 16.5. The molecule has 3 rings (SSSR count). The fourth-order valence-electron chi connectivity index (χ4n) is 2.88. The van der Waals surface area contributed by atoms with Crippen LogP contribution < -0.4 is 15.0 Å². The molecule has 138 valence electrons. The first kappa shape index (κ1) is 18.5. The molecule has 0 atom stereocenters. The summed E-state index contributed by atoms with van der Waals surface area (Å²) in [7, 11) is 5.36. The topological polar surface area (TPSA) is 54.5 Å². The molecular formula is C22H23N3O2. The first-order valence-electron chi connectivity index (χ1n) is 8.69. The number of ether oxygens (including phenoxy) is 1. The molecule has 2 aromatic carbocycles. The Hall–Kier alpha value is -3.34. The van der Waals surface area contributed by atoms with E-state index in [0.717, 1.165) is 16.8 Å². The lowest BCUT2D eigenvalue weighted by molar-refractivity contribution is 0.102. The number of anilines is 2. The molecule has 1 amide bonds. The number of hydrogen-bond donors (Lipinski definition) is 1. The molecule has 0 aliphatic heterocycles. The highest BCUT2D eigenvalue weighted by Gasteiger charge is 2.17. The van der Waals surface area contributed by atoms with Crippen LogP contribution in [0.15, 0.2) is 60.7 Å². The molecule has 5 nitrogen and oxygen atoms in total. The zero-order valence-electron chi connectivity index (χ0n) is 16.0. The smallest absolute Gasteiger partial charge is 0.259 e. The minimum atomic E-state index is -0.212. The number of methoxy groups -OCH3 is 1. The fraction of sp³-hybridized carbons (Fsp3) is 0.182. The first-order chi connectivity index (χ1) is 13.0. The van der Waals surface area contributed by atoms with Gasteiger partial charge in [0.25, 0.3) is 5.91 Å². The number of carbonyl (C=O) groups is 1. The molecule has 27 heavy (non-hydrogen) atoms. The van der Waals surface area contributed by atoms with Crippen LogP contribution in [0, 0.1) is 6.92 Å². The Bertz CT molecular complexity index is 967. The van der Waals surface area contributed by atoms with E-state index >= 15 is 0 Å². The Kier molecular flexibility index (Phi) is 5.41. The molecule has 0 aliphatic rings. The van der Waals surface area contributed by atoms with Crippen molar-refractivity contribution in [3.05, 3.63) is 71.8 Å². The van der Waals surface area contributed by atoms with Crippen molar-refractivity contribution in [2.45, 2.75) is 6.92 Å². The molecule has 5 heteroatoms. The van der Waals surface area contributed by atoms with Gasteiger partial charge in [-0.25, -0.2) is 4.98 Å². The Labute approximate surface area is 159 Å². The van der Waals surface area contributed by atoms with Gasteiger partial charge in [-0.1, -0.05) is 30.3 Å². The predicted octanol–water partition coefficient (Wildman–Crippen LogP) is 4.38. The molecule has 1 heterocycles. The molecule has 0 spiro atoms. The molecule has 0 fully saturated rings. The average molecular weight is 361 g/mol. The van der Waals surface area contributed by atoms with E-state index in [2.05, 4.69) is 18.3 Å². The molecule has 0 saturated carbocycles. The maximum Gasteiger partial charge on any atom is 0.259 e. The second-order valence-corrected chi connectivity index (χ2v) is 6.46. The van der Waals surface area contributed by atoms with Crippen molar-refractivity contribution in [2.75, 3.05) is 31.4 Å². The number of carbonyl (C=O) groups excluding carboxylic acids is 1. The summed E-state index contributed by atoms with van der Waals surface area (Å²) in [5.74, 6) is 1.10. The molecule has 0 radical (unpaired) electrons. The molecule has 0 saturated heterocycles. The van der Waals surface area contributed by atoms with Gasteiger partial charge in [0.2, 0.25) is 0 Å². The van der Waals surface area contributed by atoms with Crippen molar-refractivity contribution in [3.63, 3.8) is 0 Å². The van der Waals surface area contributed by atoms with Crippen LogP contribution >= 0.6 is 0 Å². The lowest BCUT2D eigenvalue weighted by Gasteiger charge is -2.18. The lowest BCUT2D eigenvalue weighted by atomic mass is 10.0. The molecule has 0 aliphatic carbocycles. The van der Waals surface area contributed by atoms with Gasteiger partial charge in [-0.15, -0.1) is 0 Å². The van der Waals surface area contributed by atoms with Crippen LogP contribution in [0.2, 0.25) is 0 Å². The van der Waals surface area contributed by atoms with Crippen LogP contribution in [0.5, 0.6) is 5.75 Å². The van der Waals surface area contributed by atoms with Gasteiger partial charge in [0.05, 0.1) is 18.4 Å². The fourth-order valence-corrected chi connectivity index (χ4v) is 2.88. The minimum Gasteiger partial charge on any atom is -0.497 e. The maximum atomic E-state index is 12.8. The Morgan fingerprint density at radius 2 is 1.81 bits per heavy atom. The number of rotatable bonds is 5. The zero-order valence-corrected chi connectivity index (χ0v) is 16.0. The van der Waals surface area contributed by atoms with Crippen LogP contribution in [-0.2, 0) is 0 Å². The highest BCUT2D eigenvalue weighted by Crippen LogP contribution is 2.26. The van der Waals surface area contributed by atoms with E-state index in [4.69, 9.17) is 9.72 Å². The average Bonchev–Trinajstić information content (AvgIpc) is 2.68. The number of hydrogen-bond acceptors (Lipinski definition) is 4. The van der Waals surface area contributed by atoms with Crippen molar-refractivity contribution < 1.29 is 9.53 Å². The minimum absolute atomic E-state index is 0.212. The van der Waals surface area contributed by atoms with Crippen molar-refractivity contribution in [1.82, 2.24) is 4.98 Å². The van der Waals surface area contributed by atoms with Crippen LogP contribution in [0.3, 0.4) is 0 Å². The largest absolute Gasteiger partial charge is 0.497 e. The van der Waals surface area contributed by atoms with E-state index in [0.29, 0.717) is 22.8 Å². The third-order valence-corrected chi connectivity index (χ3v) is 4.29. The van der Waals surface area contributed by atoms with E-state index in [1.807, 2.05) is 67.5 Å². The number of aryl methyl sites for hydroxylation is 1. The van der Waals surface area contributed by atoms with E-state index in [-0.39, 0.29) is 5.91 Å². The SMILES string of the molecule is COc1cccc(NC(=O)c2ccc(-c3ccccc3C)nc2N(C)C)c1. The first-order valence-corrected chi connectivity index (χ1v) is 8.69. The van der Waals surface area contributed by atoms with Gasteiger partial charge >= 0.3 is 0 Å². The van der Waals surface area contributed by atoms with E-state index in [1.165, 1.54) is 0 Å². The molecule has 3 aromatic rings. The molecule has 0 unspecified atom stereocenters. The number of aromatic nitrogens is 1. The molecule has 0 bridgehead atoms. The van der Waals surface area contributed by atoms with Gasteiger partial charge in [0, 0.05) is 31.4 Å². The normalized spacial score (nSPS) is 10.4. The third kappa shape index (κ3) is 4.08. The summed E-state index contributed by atoms with van der Waals surface area (Å²) < 4.78 is 5.21. The highest BCUT2D eigenvalue weighted by molar-refractivity contribution is 6.07. The van der Waals surface area contributed by atoms with Crippen LogP contribution in [-0.4, -0.2) is 32.1 Å². The Balaban J connectivity index is 1.95. The van der Waals surface area contributed by atoms with Gasteiger partial charge in [0.15, 0.2) is 0 Å². The van der Waals surface area contributed by atoms with Crippen molar-refractivity contribution in [3.8, 4) is 17.0 Å². The van der Waals surface area contributed by atoms with Crippen LogP contribution in [0.4, 0.5) is 11.5 Å². The summed E-state index contributed by atoms with van der Waals surface area (Å²) in [6, 6.07) is 19.1. The van der Waals surface area contributed by atoms with Crippen LogP contribution in [0.25, 0.3) is 11.3 Å². The van der Waals surface area contributed by atoms with Crippen LogP contribution in [0.1, 0.15) is 15.9 Å². The summed E-state index contributed by atoms with van der Waals surface area (Å²) in [5.41, 5.74) is 4.23. The number of pyridine rings is 1. The summed E-state index contributed by atoms with van der Waals surface area (Å²) in [6.07, 6.45) is 0.